The fraction of sp³-hybridized carbons (Fsp3) is 0.500. The number of Topliss-reactive ketones (excluding diaryl/α,β-unsaturated/α-hetero) is 1. The summed E-state index contributed by atoms with van der Waals surface area (Å²) in [4.78, 5) is 67.4. The van der Waals surface area contributed by atoms with Gasteiger partial charge < -0.3 is 20.2 Å². The second kappa shape index (κ2) is 16.5. The molecule has 2 aromatic carbocycles. The number of imide groups is 1. The fourth-order valence-electron chi connectivity index (χ4n) is 10.7. The number of halogens is 3. The molecule has 11 nitrogen and oxygen atoms in total. The molecule has 4 fully saturated rings. The van der Waals surface area contributed by atoms with E-state index in [1.54, 1.807) is 32.0 Å². The molecule has 0 radical (unpaired) electrons. The summed E-state index contributed by atoms with van der Waals surface area (Å²) in [5, 5.41) is 14.6. The van der Waals surface area contributed by atoms with Crippen molar-refractivity contribution < 1.29 is 37.5 Å². The molecule has 1 unspecified atom stereocenters. The minimum atomic E-state index is -4.69. The number of hydrogen-bond acceptors (Lipinski definition) is 10. The van der Waals surface area contributed by atoms with Crippen LogP contribution in [0.2, 0.25) is 0 Å². The number of hydrogen-bond donors (Lipinski definition) is 2. The Morgan fingerprint density at radius 3 is 2.38 bits per heavy atom. The number of allylic oxidation sites excluding steroid dienone is 1. The van der Waals surface area contributed by atoms with Crippen LogP contribution in [0, 0.1) is 17.3 Å². The van der Waals surface area contributed by atoms with Crippen molar-refractivity contribution in [2.75, 3.05) is 42.9 Å². The van der Waals surface area contributed by atoms with Crippen molar-refractivity contribution in [3.8, 4) is 0 Å². The molecule has 3 aliphatic heterocycles. The van der Waals surface area contributed by atoms with Crippen LogP contribution >= 0.6 is 11.3 Å². The standard InChI is InChI=1S/C48H53F3N6O5S/c1-28-10-13-37(38(58)22-28)57-43(60)32-7-4-6-31(41(32)44(57)61)12-11-30-25-47(26-30)16-20-55(21-17-47)27-29-14-18-56(19-15-29)45-54-36-23-33(46(2,3)62)35(24-39(36)63-45)53-42(59)34-8-5-9-40(52-34)48(49,50)51/h4-9,23-24,29-30,37,62H,1,10-22,25-27H2,2-3H3,(H,53,59). The predicted molar refractivity (Wildman–Crippen MR) is 235 cm³/mol. The number of aliphatic hydroxyl groups is 1. The molecular formula is C48H53F3N6O5S. The van der Waals surface area contributed by atoms with Crippen LogP contribution in [0.5, 0.6) is 0 Å². The minimum absolute atomic E-state index is 0.102. The first-order chi connectivity index (χ1) is 29.9. The van der Waals surface area contributed by atoms with E-state index in [1.807, 2.05) is 12.1 Å². The Balaban J connectivity index is 0.748. The number of fused-ring (bicyclic) bond motifs is 2. The Hall–Kier alpha value is -4.99. The van der Waals surface area contributed by atoms with E-state index in [4.69, 9.17) is 4.98 Å². The SMILES string of the molecule is C=C1CCC(N2C(=O)c3cccc(CCC4CC5(CCN(CC6CCN(c7nc8cc(C(C)(C)O)c(NC(=O)c9cccc(C(F)(F)F)n9)cc8s7)CC6)CC5)C4)c3C2=O)C(=O)C1. The van der Waals surface area contributed by atoms with Crippen LogP contribution in [0.1, 0.15) is 126 Å². The van der Waals surface area contributed by atoms with E-state index < -0.39 is 29.4 Å². The van der Waals surface area contributed by atoms with Crippen LogP contribution in [-0.4, -0.2) is 87.1 Å². The van der Waals surface area contributed by atoms with E-state index >= 15 is 0 Å². The quantitative estimate of drug-likeness (QED) is 0.118. The lowest BCUT2D eigenvalue weighted by Gasteiger charge is -2.53. The number of aryl methyl sites for hydroxylation is 1. The monoisotopic (exact) mass is 882 g/mol. The average Bonchev–Trinajstić information content (AvgIpc) is 3.76. The highest BCUT2D eigenvalue weighted by atomic mass is 32.1. The first-order valence-corrected chi connectivity index (χ1v) is 23.0. The second-order valence-corrected chi connectivity index (χ2v) is 20.1. The second-order valence-electron chi connectivity index (χ2n) is 19.1. The lowest BCUT2D eigenvalue weighted by Crippen LogP contribution is -2.49. The normalized spacial score (nSPS) is 21.4. The summed E-state index contributed by atoms with van der Waals surface area (Å²) >= 11 is 1.49. The van der Waals surface area contributed by atoms with Gasteiger partial charge in [-0.15, -0.1) is 0 Å². The molecule has 15 heteroatoms. The number of nitrogens with zero attached hydrogens (tertiary/aromatic N) is 5. The van der Waals surface area contributed by atoms with Gasteiger partial charge in [-0.3, -0.25) is 24.1 Å². The van der Waals surface area contributed by atoms with Crippen molar-refractivity contribution in [3.63, 3.8) is 0 Å². The zero-order valence-electron chi connectivity index (χ0n) is 35.7. The van der Waals surface area contributed by atoms with E-state index in [9.17, 15) is 37.5 Å². The van der Waals surface area contributed by atoms with E-state index in [2.05, 4.69) is 26.7 Å². The van der Waals surface area contributed by atoms with Gasteiger partial charge in [0.25, 0.3) is 17.7 Å². The van der Waals surface area contributed by atoms with E-state index in [0.717, 1.165) is 91.5 Å². The Morgan fingerprint density at radius 1 is 0.952 bits per heavy atom. The Labute approximate surface area is 368 Å². The number of rotatable bonds is 10. The number of carbonyl (C=O) groups is 4. The number of ketones is 1. The molecule has 9 rings (SSSR count). The van der Waals surface area contributed by atoms with Gasteiger partial charge in [0.05, 0.1) is 33.0 Å². The summed E-state index contributed by atoms with van der Waals surface area (Å²) in [6, 6.07) is 11.5. The van der Waals surface area contributed by atoms with E-state index in [1.165, 1.54) is 48.0 Å². The van der Waals surface area contributed by atoms with Crippen LogP contribution in [0.3, 0.4) is 0 Å². The topological polar surface area (TPSA) is 136 Å². The Bertz CT molecular complexity index is 2490. The summed E-state index contributed by atoms with van der Waals surface area (Å²) < 4.78 is 40.6. The molecule has 2 N–H and O–H groups in total. The van der Waals surface area contributed by atoms with Crippen molar-refractivity contribution in [2.45, 2.75) is 102 Å². The van der Waals surface area contributed by atoms with Crippen molar-refractivity contribution in [1.82, 2.24) is 19.8 Å². The lowest BCUT2D eigenvalue weighted by molar-refractivity contribution is -0.141. The van der Waals surface area contributed by atoms with Crippen LogP contribution in [-0.2, 0) is 23.0 Å². The smallest absolute Gasteiger partial charge is 0.386 e. The third kappa shape index (κ3) is 8.68. The predicted octanol–water partition coefficient (Wildman–Crippen LogP) is 8.81. The van der Waals surface area contributed by atoms with Crippen LogP contribution < -0.4 is 10.2 Å². The highest BCUT2D eigenvalue weighted by Gasteiger charge is 2.47. The Morgan fingerprint density at radius 2 is 1.68 bits per heavy atom. The fourth-order valence-corrected chi connectivity index (χ4v) is 11.8. The molecular weight excluding hydrogens is 830 g/mol. The number of pyridine rings is 1. The summed E-state index contributed by atoms with van der Waals surface area (Å²) in [7, 11) is 0. The Kier molecular flexibility index (Phi) is 11.4. The molecule has 0 bridgehead atoms. The van der Waals surface area contributed by atoms with Crippen molar-refractivity contribution in [3.05, 3.63) is 94.3 Å². The van der Waals surface area contributed by atoms with Crippen molar-refractivity contribution in [2.24, 2.45) is 17.3 Å². The molecule has 5 heterocycles. The molecule has 5 aliphatic rings. The lowest BCUT2D eigenvalue weighted by atomic mass is 9.56. The van der Waals surface area contributed by atoms with Gasteiger partial charge in [0.15, 0.2) is 10.9 Å². The molecule has 2 aromatic heterocycles. The summed E-state index contributed by atoms with van der Waals surface area (Å²) in [5.41, 5.74) is 1.53. The summed E-state index contributed by atoms with van der Waals surface area (Å²) in [5.74, 6) is -0.397. The third-order valence-electron chi connectivity index (χ3n) is 14.2. The first kappa shape index (κ1) is 43.3. The maximum atomic E-state index is 13.6. The molecule has 1 atom stereocenters. The number of piperidine rings is 2. The molecule has 2 saturated heterocycles. The highest BCUT2D eigenvalue weighted by molar-refractivity contribution is 7.22. The van der Waals surface area contributed by atoms with Gasteiger partial charge in [0, 0.05) is 37.3 Å². The number of likely N-dealkylation sites (tertiary alicyclic amines) is 1. The molecule has 1 spiro atoms. The summed E-state index contributed by atoms with van der Waals surface area (Å²) in [6.07, 6.45) is 5.25. The molecule has 2 saturated carbocycles. The number of benzene rings is 2. The van der Waals surface area contributed by atoms with Gasteiger partial charge in [-0.2, -0.15) is 13.2 Å². The molecule has 332 valence electrons. The number of amides is 3. The zero-order valence-corrected chi connectivity index (χ0v) is 36.5. The number of carbonyl (C=O) groups excluding carboxylic acids is 4. The maximum absolute atomic E-state index is 13.6. The minimum Gasteiger partial charge on any atom is -0.386 e. The number of alkyl halides is 3. The van der Waals surface area contributed by atoms with E-state index in [-0.39, 0.29) is 35.4 Å². The van der Waals surface area contributed by atoms with Gasteiger partial charge in [-0.05, 0) is 144 Å². The van der Waals surface area contributed by atoms with Gasteiger partial charge in [0.2, 0.25) is 0 Å². The highest BCUT2D eigenvalue weighted by Crippen LogP contribution is 2.54. The van der Waals surface area contributed by atoms with Crippen LogP contribution in [0.4, 0.5) is 24.0 Å². The largest absolute Gasteiger partial charge is 0.433 e. The number of thiazole rings is 1. The van der Waals surface area contributed by atoms with Crippen LogP contribution in [0.25, 0.3) is 10.2 Å². The maximum Gasteiger partial charge on any atom is 0.433 e. The summed E-state index contributed by atoms with van der Waals surface area (Å²) in [6.45, 7) is 12.1. The van der Waals surface area contributed by atoms with Gasteiger partial charge >= 0.3 is 6.18 Å². The van der Waals surface area contributed by atoms with Gasteiger partial charge in [-0.1, -0.05) is 41.7 Å². The zero-order chi connectivity index (χ0) is 44.4. The van der Waals surface area contributed by atoms with Gasteiger partial charge in [-0.25, -0.2) is 9.97 Å². The third-order valence-corrected chi connectivity index (χ3v) is 15.3. The number of aromatic nitrogens is 2. The molecule has 3 amide bonds. The average molecular weight is 883 g/mol. The van der Waals surface area contributed by atoms with Crippen LogP contribution in [0.15, 0.2) is 60.7 Å². The number of nitrogens with one attached hydrogen (secondary N) is 1. The molecule has 4 aromatic rings. The number of anilines is 2. The van der Waals surface area contributed by atoms with E-state index in [0.29, 0.717) is 52.3 Å². The molecule has 63 heavy (non-hydrogen) atoms. The van der Waals surface area contributed by atoms with Crippen molar-refractivity contribution in [1.29, 1.82) is 0 Å². The first-order valence-electron chi connectivity index (χ1n) is 22.1. The van der Waals surface area contributed by atoms with Gasteiger partial charge in [0.1, 0.15) is 11.4 Å². The van der Waals surface area contributed by atoms with Crippen molar-refractivity contribution >= 4 is 55.9 Å². The molecule has 2 aliphatic carbocycles.